The first kappa shape index (κ1) is 23.6. The Bertz CT molecular complexity index is 1060. The molecule has 1 N–H and O–H groups in total. The van der Waals surface area contributed by atoms with Gasteiger partial charge in [0.25, 0.3) is 17.7 Å². The maximum atomic E-state index is 12.6. The van der Waals surface area contributed by atoms with Crippen LogP contribution < -0.4 is 5.32 Å². The molecule has 1 aliphatic rings. The van der Waals surface area contributed by atoms with Crippen molar-refractivity contribution in [3.05, 3.63) is 60.5 Å². The van der Waals surface area contributed by atoms with E-state index in [1.165, 1.54) is 0 Å². The SMILES string of the molecule is O=C(COC(=O)CCN1C(=O)c2c(Cl)c(Cl)c(Cl)c(Cl)c2C1=O)Nc1ccc(Cl)cc1. The number of carbonyl (C=O) groups excluding carboxylic acids is 4. The lowest BCUT2D eigenvalue weighted by molar-refractivity contribution is -0.147. The number of carbonyl (C=O) groups is 4. The summed E-state index contributed by atoms with van der Waals surface area (Å²) in [5.41, 5.74) is 0.117. The van der Waals surface area contributed by atoms with Gasteiger partial charge in [-0.2, -0.15) is 0 Å². The number of nitrogens with zero attached hydrogens (tertiary/aromatic N) is 1. The van der Waals surface area contributed by atoms with Gasteiger partial charge in [-0.05, 0) is 24.3 Å². The summed E-state index contributed by atoms with van der Waals surface area (Å²) >= 11 is 29.7. The Morgan fingerprint density at radius 3 is 1.87 bits per heavy atom. The fourth-order valence-corrected chi connectivity index (χ4v) is 3.89. The molecule has 162 valence electrons. The third kappa shape index (κ3) is 4.91. The lowest BCUT2D eigenvalue weighted by Gasteiger charge is -2.13. The molecule has 0 spiro atoms. The molecular weight excluding hydrogens is 513 g/mol. The molecule has 0 saturated carbocycles. The summed E-state index contributed by atoms with van der Waals surface area (Å²) in [6.45, 7) is -0.863. The molecule has 0 fully saturated rings. The molecule has 31 heavy (non-hydrogen) atoms. The molecule has 7 nitrogen and oxygen atoms in total. The van der Waals surface area contributed by atoms with Crippen LogP contribution in [0.2, 0.25) is 25.1 Å². The van der Waals surface area contributed by atoms with Crippen LogP contribution in [0, 0.1) is 0 Å². The number of rotatable bonds is 6. The van der Waals surface area contributed by atoms with Gasteiger partial charge in [0, 0.05) is 17.3 Å². The first-order valence-electron chi connectivity index (χ1n) is 8.55. The second kappa shape index (κ2) is 9.63. The number of hydrogen-bond donors (Lipinski definition) is 1. The minimum absolute atomic E-state index is 0.152. The van der Waals surface area contributed by atoms with Crippen molar-refractivity contribution in [1.82, 2.24) is 4.90 Å². The van der Waals surface area contributed by atoms with Gasteiger partial charge in [0.1, 0.15) is 0 Å². The number of ether oxygens (including phenoxy) is 1. The van der Waals surface area contributed by atoms with E-state index in [1.54, 1.807) is 24.3 Å². The molecule has 3 amide bonds. The molecule has 2 aromatic carbocycles. The van der Waals surface area contributed by atoms with Crippen LogP contribution in [0.25, 0.3) is 0 Å². The molecule has 0 atom stereocenters. The number of fused-ring (bicyclic) bond motifs is 1. The lowest BCUT2D eigenvalue weighted by atomic mass is 10.1. The Labute approximate surface area is 201 Å². The molecule has 0 aromatic heterocycles. The third-order valence-corrected chi connectivity index (χ3v) is 6.27. The molecule has 1 aliphatic heterocycles. The fourth-order valence-electron chi connectivity index (χ4n) is 2.75. The van der Waals surface area contributed by atoms with Gasteiger partial charge in [-0.1, -0.05) is 58.0 Å². The van der Waals surface area contributed by atoms with Crippen molar-refractivity contribution in [3.63, 3.8) is 0 Å². The average molecular weight is 525 g/mol. The molecule has 0 radical (unpaired) electrons. The number of imide groups is 1. The Morgan fingerprint density at radius 2 is 1.35 bits per heavy atom. The summed E-state index contributed by atoms with van der Waals surface area (Å²) in [4.78, 5) is 49.8. The summed E-state index contributed by atoms with van der Waals surface area (Å²) in [7, 11) is 0. The number of halogens is 5. The van der Waals surface area contributed by atoms with Crippen molar-refractivity contribution in [1.29, 1.82) is 0 Å². The van der Waals surface area contributed by atoms with Crippen LogP contribution >= 0.6 is 58.0 Å². The van der Waals surface area contributed by atoms with E-state index in [0.29, 0.717) is 10.7 Å². The highest BCUT2D eigenvalue weighted by Crippen LogP contribution is 2.44. The molecule has 0 bridgehead atoms. The monoisotopic (exact) mass is 522 g/mol. The lowest BCUT2D eigenvalue weighted by Crippen LogP contribution is -2.32. The largest absolute Gasteiger partial charge is 0.456 e. The smallest absolute Gasteiger partial charge is 0.308 e. The maximum Gasteiger partial charge on any atom is 0.308 e. The van der Waals surface area contributed by atoms with Crippen LogP contribution in [0.3, 0.4) is 0 Å². The Morgan fingerprint density at radius 1 is 0.839 bits per heavy atom. The van der Waals surface area contributed by atoms with Gasteiger partial charge >= 0.3 is 5.97 Å². The highest BCUT2D eigenvalue weighted by atomic mass is 35.5. The second-order valence-corrected chi connectivity index (χ2v) is 8.18. The number of benzene rings is 2. The average Bonchev–Trinajstić information content (AvgIpc) is 2.99. The van der Waals surface area contributed by atoms with Crippen LogP contribution in [-0.4, -0.2) is 41.7 Å². The van der Waals surface area contributed by atoms with E-state index in [4.69, 9.17) is 62.7 Å². The summed E-state index contributed by atoms with van der Waals surface area (Å²) < 4.78 is 4.87. The van der Waals surface area contributed by atoms with Gasteiger partial charge in [0.15, 0.2) is 6.61 Å². The summed E-state index contributed by atoms with van der Waals surface area (Å²) in [5.74, 6) is -2.90. The van der Waals surface area contributed by atoms with Crippen molar-refractivity contribution in [3.8, 4) is 0 Å². The van der Waals surface area contributed by atoms with E-state index >= 15 is 0 Å². The molecule has 0 saturated heterocycles. The normalized spacial score (nSPS) is 12.7. The topological polar surface area (TPSA) is 92.8 Å². The Balaban J connectivity index is 1.57. The van der Waals surface area contributed by atoms with Crippen LogP contribution in [-0.2, 0) is 14.3 Å². The predicted octanol–water partition coefficient (Wildman–Crippen LogP) is 5.12. The third-order valence-electron chi connectivity index (χ3n) is 4.22. The minimum atomic E-state index is -0.795. The van der Waals surface area contributed by atoms with Crippen LogP contribution in [0.1, 0.15) is 27.1 Å². The van der Waals surface area contributed by atoms with Gasteiger partial charge in [0.2, 0.25) is 0 Å². The van der Waals surface area contributed by atoms with Gasteiger partial charge in [0.05, 0.1) is 37.6 Å². The molecule has 2 aromatic rings. The van der Waals surface area contributed by atoms with E-state index in [1.807, 2.05) is 0 Å². The number of esters is 1. The van der Waals surface area contributed by atoms with Crippen molar-refractivity contribution in [2.45, 2.75) is 6.42 Å². The number of amides is 3. The van der Waals surface area contributed by atoms with Crippen LogP contribution in [0.15, 0.2) is 24.3 Å². The van der Waals surface area contributed by atoms with E-state index < -0.39 is 30.3 Å². The molecule has 3 rings (SSSR count). The van der Waals surface area contributed by atoms with Gasteiger partial charge in [-0.25, -0.2) is 0 Å². The number of anilines is 1. The summed E-state index contributed by atoms with van der Waals surface area (Å²) in [5, 5.41) is 2.32. The minimum Gasteiger partial charge on any atom is -0.456 e. The molecule has 0 unspecified atom stereocenters. The maximum absolute atomic E-state index is 12.6. The second-order valence-electron chi connectivity index (χ2n) is 6.23. The Kier molecular flexibility index (Phi) is 7.34. The van der Waals surface area contributed by atoms with E-state index in [9.17, 15) is 19.2 Å². The van der Waals surface area contributed by atoms with Crippen molar-refractivity contribution >= 4 is 87.4 Å². The highest BCUT2D eigenvalue weighted by molar-refractivity contribution is 6.55. The van der Waals surface area contributed by atoms with Gasteiger partial charge in [-0.3, -0.25) is 24.1 Å². The van der Waals surface area contributed by atoms with Crippen LogP contribution in [0.4, 0.5) is 5.69 Å². The zero-order valence-electron chi connectivity index (χ0n) is 15.3. The van der Waals surface area contributed by atoms with Crippen molar-refractivity contribution in [2.75, 3.05) is 18.5 Å². The number of nitrogens with one attached hydrogen (secondary N) is 1. The van der Waals surface area contributed by atoms with Crippen LogP contribution in [0.5, 0.6) is 0 Å². The molecule has 1 heterocycles. The highest BCUT2D eigenvalue weighted by Gasteiger charge is 2.41. The van der Waals surface area contributed by atoms with Gasteiger partial charge in [-0.15, -0.1) is 0 Å². The molecular formula is C19H11Cl5N2O5. The summed E-state index contributed by atoms with van der Waals surface area (Å²) in [6, 6.07) is 6.34. The Hall–Kier alpha value is -2.03. The van der Waals surface area contributed by atoms with E-state index in [2.05, 4.69) is 5.32 Å². The molecule has 12 heteroatoms. The molecule has 0 aliphatic carbocycles. The van der Waals surface area contributed by atoms with Gasteiger partial charge < -0.3 is 10.1 Å². The van der Waals surface area contributed by atoms with E-state index in [0.717, 1.165) is 4.90 Å². The first-order chi connectivity index (χ1) is 14.6. The quantitative estimate of drug-likeness (QED) is 0.245. The zero-order chi connectivity index (χ0) is 22.9. The van der Waals surface area contributed by atoms with Crippen molar-refractivity contribution < 1.29 is 23.9 Å². The zero-order valence-corrected chi connectivity index (χ0v) is 19.1. The standard InChI is InChI=1S/C19H11Cl5N2O5/c20-8-1-3-9(4-2-8)25-10(27)7-31-11(28)5-6-26-18(29)12-13(19(26)30)15(22)17(24)16(23)14(12)21/h1-4H,5-7H2,(H,25,27). The first-order valence-corrected chi connectivity index (χ1v) is 10.4. The fraction of sp³-hybridized carbons (Fsp3) is 0.158. The van der Waals surface area contributed by atoms with Crippen molar-refractivity contribution in [2.24, 2.45) is 0 Å². The predicted molar refractivity (Wildman–Crippen MR) is 118 cm³/mol. The van der Waals surface area contributed by atoms with E-state index in [-0.39, 0.29) is 44.2 Å². The number of hydrogen-bond acceptors (Lipinski definition) is 5. The summed E-state index contributed by atoms with van der Waals surface area (Å²) in [6.07, 6.45) is -0.351.